The quantitative estimate of drug-likeness (QED) is 0.552. The van der Waals surface area contributed by atoms with Gasteiger partial charge in [0.1, 0.15) is 0 Å². The Kier molecular flexibility index (Phi) is 5.13. The van der Waals surface area contributed by atoms with E-state index in [1.807, 2.05) is 18.2 Å². The van der Waals surface area contributed by atoms with Gasteiger partial charge in [-0.2, -0.15) is 0 Å². The van der Waals surface area contributed by atoms with Gasteiger partial charge in [0.15, 0.2) is 0 Å². The molecule has 0 unspecified atom stereocenters. The molecule has 0 saturated heterocycles. The fraction of sp³-hybridized carbons (Fsp3) is 0. The molecule has 2 rings (SSSR count). The zero-order chi connectivity index (χ0) is 14.5. The van der Waals surface area contributed by atoms with Crippen molar-refractivity contribution in [2.75, 3.05) is 0 Å². The van der Waals surface area contributed by atoms with Gasteiger partial charge < -0.3 is 0 Å². The normalized spacial score (nSPS) is 9.90. The van der Waals surface area contributed by atoms with Crippen molar-refractivity contribution in [3.8, 4) is 0 Å². The first kappa shape index (κ1) is 15.0. The molecule has 0 saturated carbocycles. The number of hydrazine groups is 1. The molecular weight excluding hydrogens is 435 g/mol. The zero-order valence-electron chi connectivity index (χ0n) is 10.2. The van der Waals surface area contributed by atoms with E-state index in [4.69, 9.17) is 0 Å². The van der Waals surface area contributed by atoms with Crippen molar-refractivity contribution in [2.24, 2.45) is 0 Å². The van der Waals surface area contributed by atoms with E-state index in [0.29, 0.717) is 15.6 Å². The maximum atomic E-state index is 11.9. The predicted molar refractivity (Wildman–Crippen MR) is 88.2 cm³/mol. The number of nitrogens with one attached hydrogen (secondary N) is 2. The van der Waals surface area contributed by atoms with Crippen molar-refractivity contribution in [1.82, 2.24) is 10.9 Å². The highest BCUT2D eigenvalue weighted by molar-refractivity contribution is 14.1. The fourth-order valence-electron chi connectivity index (χ4n) is 1.54. The van der Waals surface area contributed by atoms with Crippen molar-refractivity contribution in [2.45, 2.75) is 0 Å². The summed E-state index contributed by atoms with van der Waals surface area (Å²) in [7, 11) is 0. The van der Waals surface area contributed by atoms with Crippen molar-refractivity contribution in [3.63, 3.8) is 0 Å². The van der Waals surface area contributed by atoms with Crippen LogP contribution < -0.4 is 10.9 Å². The van der Waals surface area contributed by atoms with E-state index >= 15 is 0 Å². The smallest absolute Gasteiger partial charge is 0.267 e. The van der Waals surface area contributed by atoms with Crippen LogP contribution in [0, 0.1) is 3.57 Å². The molecule has 0 heterocycles. The van der Waals surface area contributed by atoms with Crippen LogP contribution in [0.1, 0.15) is 20.7 Å². The van der Waals surface area contributed by atoms with Gasteiger partial charge >= 0.3 is 0 Å². The number of amides is 2. The number of halogens is 2. The SMILES string of the molecule is O=C(NNC(=O)c1ccccc1I)c1ccccc1Br. The third-order valence-corrected chi connectivity index (χ3v) is 4.16. The lowest BCUT2D eigenvalue weighted by molar-refractivity contribution is 0.0846. The van der Waals surface area contributed by atoms with E-state index < -0.39 is 0 Å². The van der Waals surface area contributed by atoms with E-state index in [9.17, 15) is 9.59 Å². The number of hydrogen-bond acceptors (Lipinski definition) is 2. The summed E-state index contributed by atoms with van der Waals surface area (Å²) in [6.07, 6.45) is 0. The van der Waals surface area contributed by atoms with Crippen LogP contribution >= 0.6 is 38.5 Å². The average molecular weight is 445 g/mol. The van der Waals surface area contributed by atoms with Gasteiger partial charge in [-0.15, -0.1) is 0 Å². The number of carbonyl (C=O) groups excluding carboxylic acids is 2. The highest BCUT2D eigenvalue weighted by Crippen LogP contribution is 2.15. The molecule has 0 aromatic heterocycles. The van der Waals surface area contributed by atoms with Gasteiger partial charge in [-0.3, -0.25) is 20.4 Å². The van der Waals surface area contributed by atoms with Crippen molar-refractivity contribution >= 4 is 50.3 Å². The first-order valence-electron chi connectivity index (χ1n) is 5.69. The molecule has 2 aromatic rings. The van der Waals surface area contributed by atoms with Crippen molar-refractivity contribution < 1.29 is 9.59 Å². The third kappa shape index (κ3) is 3.57. The van der Waals surface area contributed by atoms with Gasteiger partial charge in [-0.05, 0) is 62.8 Å². The first-order valence-corrected chi connectivity index (χ1v) is 7.56. The minimum absolute atomic E-state index is 0.351. The Bertz CT molecular complexity index is 604. The summed E-state index contributed by atoms with van der Waals surface area (Å²) in [5, 5.41) is 0. The Labute approximate surface area is 138 Å². The van der Waals surface area contributed by atoms with E-state index in [2.05, 4.69) is 49.4 Å². The molecule has 2 amide bonds. The van der Waals surface area contributed by atoms with E-state index in [0.717, 1.165) is 3.57 Å². The molecule has 6 heteroatoms. The largest absolute Gasteiger partial charge is 0.270 e. The lowest BCUT2D eigenvalue weighted by atomic mass is 10.2. The molecule has 0 spiro atoms. The molecule has 0 aliphatic rings. The maximum Gasteiger partial charge on any atom is 0.270 e. The predicted octanol–water partition coefficient (Wildman–Crippen LogP) is 3.13. The second-order valence-corrected chi connectivity index (χ2v) is 5.88. The molecule has 0 atom stereocenters. The second-order valence-electron chi connectivity index (χ2n) is 3.87. The van der Waals surface area contributed by atoms with Gasteiger partial charge in [0.05, 0.1) is 11.1 Å². The molecular formula is C14H10BrIN2O2. The monoisotopic (exact) mass is 444 g/mol. The molecule has 2 aromatic carbocycles. The number of benzene rings is 2. The Morgan fingerprint density at radius 2 is 1.35 bits per heavy atom. The van der Waals surface area contributed by atoms with Crippen LogP contribution in [0.4, 0.5) is 0 Å². The summed E-state index contributed by atoms with van der Waals surface area (Å²) in [5.74, 6) is -0.729. The molecule has 0 radical (unpaired) electrons. The summed E-state index contributed by atoms with van der Waals surface area (Å²) < 4.78 is 1.48. The first-order chi connectivity index (χ1) is 9.59. The zero-order valence-corrected chi connectivity index (χ0v) is 13.9. The van der Waals surface area contributed by atoms with Crippen LogP contribution in [0.25, 0.3) is 0 Å². The van der Waals surface area contributed by atoms with Gasteiger partial charge in [0.2, 0.25) is 0 Å². The minimum atomic E-state index is -0.378. The van der Waals surface area contributed by atoms with Crippen LogP contribution in [0.3, 0.4) is 0 Å². The molecule has 4 nitrogen and oxygen atoms in total. The Balaban J connectivity index is 2.03. The summed E-state index contributed by atoms with van der Waals surface area (Å²) in [5.41, 5.74) is 5.76. The summed E-state index contributed by atoms with van der Waals surface area (Å²) in [6.45, 7) is 0. The van der Waals surface area contributed by atoms with Gasteiger partial charge in [-0.25, -0.2) is 0 Å². The number of rotatable bonds is 2. The molecule has 0 fully saturated rings. The molecule has 2 N–H and O–H groups in total. The van der Waals surface area contributed by atoms with Crippen molar-refractivity contribution in [1.29, 1.82) is 0 Å². The van der Waals surface area contributed by atoms with Gasteiger partial charge in [0.25, 0.3) is 11.8 Å². The highest BCUT2D eigenvalue weighted by Gasteiger charge is 2.12. The van der Waals surface area contributed by atoms with Crippen molar-refractivity contribution in [3.05, 3.63) is 67.7 Å². The number of carbonyl (C=O) groups is 2. The fourth-order valence-corrected chi connectivity index (χ4v) is 2.64. The highest BCUT2D eigenvalue weighted by atomic mass is 127. The second kappa shape index (κ2) is 6.85. The van der Waals surface area contributed by atoms with Crippen LogP contribution in [-0.2, 0) is 0 Å². The van der Waals surface area contributed by atoms with Gasteiger partial charge in [0, 0.05) is 8.04 Å². The Hall–Kier alpha value is -1.41. The Morgan fingerprint density at radius 3 is 1.95 bits per heavy atom. The molecule has 102 valence electrons. The summed E-state index contributed by atoms with van der Waals surface area (Å²) in [6, 6.07) is 14.1. The van der Waals surface area contributed by atoms with Crippen LogP contribution in [0.5, 0.6) is 0 Å². The average Bonchev–Trinajstić information content (AvgIpc) is 2.45. The summed E-state index contributed by atoms with van der Waals surface area (Å²) >= 11 is 5.35. The van der Waals surface area contributed by atoms with E-state index in [-0.39, 0.29) is 11.8 Å². The molecule has 0 bridgehead atoms. The van der Waals surface area contributed by atoms with Crippen LogP contribution in [0.15, 0.2) is 53.0 Å². The summed E-state index contributed by atoms with van der Waals surface area (Å²) in [4.78, 5) is 23.9. The number of hydrogen-bond donors (Lipinski definition) is 2. The standard InChI is InChI=1S/C14H10BrIN2O2/c15-11-7-3-1-5-9(11)13(19)17-18-14(20)10-6-2-4-8-12(10)16/h1-8H,(H,17,19)(H,18,20). The van der Waals surface area contributed by atoms with E-state index in [1.54, 1.807) is 30.3 Å². The maximum absolute atomic E-state index is 11.9. The van der Waals surface area contributed by atoms with E-state index in [1.165, 1.54) is 0 Å². The third-order valence-electron chi connectivity index (χ3n) is 2.53. The molecule has 0 aliphatic carbocycles. The van der Waals surface area contributed by atoms with Gasteiger partial charge in [-0.1, -0.05) is 24.3 Å². The van der Waals surface area contributed by atoms with Crippen LogP contribution in [0.2, 0.25) is 0 Å². The minimum Gasteiger partial charge on any atom is -0.267 e. The van der Waals surface area contributed by atoms with Crippen LogP contribution in [-0.4, -0.2) is 11.8 Å². The lowest BCUT2D eigenvalue weighted by Crippen LogP contribution is -2.42. The Morgan fingerprint density at radius 1 is 0.850 bits per heavy atom. The lowest BCUT2D eigenvalue weighted by Gasteiger charge is -2.09. The topological polar surface area (TPSA) is 58.2 Å². The molecule has 0 aliphatic heterocycles. The molecule has 20 heavy (non-hydrogen) atoms.